The Labute approximate surface area is 207 Å². The fourth-order valence-corrected chi connectivity index (χ4v) is 4.85. The van der Waals surface area contributed by atoms with Crippen molar-refractivity contribution in [1.82, 2.24) is 4.90 Å². The molecule has 2 saturated heterocycles. The van der Waals surface area contributed by atoms with Gasteiger partial charge in [-0.25, -0.2) is 4.79 Å². The molecule has 2 aromatic carbocycles. The van der Waals surface area contributed by atoms with E-state index in [1.165, 1.54) is 4.90 Å². The molecular weight excluding hydrogens is 446 g/mol. The van der Waals surface area contributed by atoms with Crippen molar-refractivity contribution >= 4 is 17.5 Å². The summed E-state index contributed by atoms with van der Waals surface area (Å²) in [5.41, 5.74) is 2.39. The summed E-state index contributed by atoms with van der Waals surface area (Å²) in [6.07, 6.45) is 2.43. The Morgan fingerprint density at radius 2 is 1.37 bits per heavy atom. The van der Waals surface area contributed by atoms with Crippen LogP contribution in [0.1, 0.15) is 31.2 Å². The molecule has 0 unspecified atom stereocenters. The van der Waals surface area contributed by atoms with Gasteiger partial charge in [-0.3, -0.25) is 0 Å². The number of anilines is 2. The van der Waals surface area contributed by atoms with Gasteiger partial charge in [0, 0.05) is 64.4 Å². The molecule has 35 heavy (non-hydrogen) atoms. The fraction of sp³-hybridized carbons (Fsp3) is 0.519. The molecule has 2 N–H and O–H groups in total. The number of methoxy groups -OCH3 is 1. The smallest absolute Gasteiger partial charge is 0.407 e. The van der Waals surface area contributed by atoms with Crippen LogP contribution in [0.4, 0.5) is 16.2 Å². The molecule has 4 rings (SSSR count). The van der Waals surface area contributed by atoms with Crippen molar-refractivity contribution in [3.8, 4) is 5.75 Å². The minimum Gasteiger partial charge on any atom is -0.494 e. The number of carboxylic acid groups (broad SMARTS) is 1. The zero-order chi connectivity index (χ0) is 24.7. The van der Waals surface area contributed by atoms with Gasteiger partial charge in [-0.1, -0.05) is 12.1 Å². The van der Waals surface area contributed by atoms with Gasteiger partial charge in [-0.2, -0.15) is 0 Å². The molecule has 0 spiro atoms. The number of piperazine rings is 1. The number of hydrogen-bond acceptors (Lipinski definition) is 6. The lowest BCUT2D eigenvalue weighted by molar-refractivity contribution is 0.0117. The summed E-state index contributed by atoms with van der Waals surface area (Å²) < 4.78 is 10.9. The number of rotatable bonds is 9. The summed E-state index contributed by atoms with van der Waals surface area (Å²) >= 11 is 0. The SMILES string of the molecule is COCCCCOc1ccc(C2(O)CCN(c3ccc(N4CCN(C(=O)O)CC4)cc3)CC2)cc1. The first-order valence-electron chi connectivity index (χ1n) is 12.5. The quantitative estimate of drug-likeness (QED) is 0.525. The third kappa shape index (κ3) is 6.38. The Hall–Kier alpha value is -2.97. The van der Waals surface area contributed by atoms with Crippen LogP contribution in [0.5, 0.6) is 5.75 Å². The Morgan fingerprint density at radius 3 is 1.91 bits per heavy atom. The van der Waals surface area contributed by atoms with Crippen molar-refractivity contribution in [2.45, 2.75) is 31.3 Å². The van der Waals surface area contributed by atoms with E-state index in [0.717, 1.165) is 55.2 Å². The molecule has 0 bridgehead atoms. The number of benzene rings is 2. The van der Waals surface area contributed by atoms with E-state index in [2.05, 4.69) is 34.1 Å². The minimum absolute atomic E-state index is 0.531. The highest BCUT2D eigenvalue weighted by atomic mass is 16.5. The summed E-state index contributed by atoms with van der Waals surface area (Å²) in [6.45, 7) is 5.46. The molecular formula is C27H37N3O5. The van der Waals surface area contributed by atoms with Crippen molar-refractivity contribution in [1.29, 1.82) is 0 Å². The number of piperidine rings is 1. The Balaban J connectivity index is 1.27. The van der Waals surface area contributed by atoms with Crippen LogP contribution in [0.2, 0.25) is 0 Å². The molecule has 8 nitrogen and oxygen atoms in total. The second-order valence-corrected chi connectivity index (χ2v) is 9.36. The van der Waals surface area contributed by atoms with Crippen molar-refractivity contribution in [3.63, 3.8) is 0 Å². The molecule has 1 amide bonds. The number of carbonyl (C=O) groups is 1. The Bertz CT molecular complexity index is 934. The van der Waals surface area contributed by atoms with Crippen molar-refractivity contribution in [2.24, 2.45) is 0 Å². The number of unbranched alkanes of at least 4 members (excludes halogenated alkanes) is 1. The lowest BCUT2D eigenvalue weighted by Gasteiger charge is -2.40. The highest BCUT2D eigenvalue weighted by Gasteiger charge is 2.34. The first-order valence-corrected chi connectivity index (χ1v) is 12.5. The average molecular weight is 484 g/mol. The minimum atomic E-state index is -0.844. The predicted molar refractivity (Wildman–Crippen MR) is 137 cm³/mol. The predicted octanol–water partition coefficient (Wildman–Crippen LogP) is 3.78. The first-order chi connectivity index (χ1) is 17.0. The molecule has 0 aliphatic carbocycles. The van der Waals surface area contributed by atoms with E-state index in [4.69, 9.17) is 14.6 Å². The Kier molecular flexibility index (Phi) is 8.36. The molecule has 0 radical (unpaired) electrons. The van der Waals surface area contributed by atoms with Crippen molar-refractivity contribution in [2.75, 3.05) is 69.4 Å². The number of ether oxygens (including phenoxy) is 2. The normalized spacial score (nSPS) is 17.9. The van der Waals surface area contributed by atoms with Crippen molar-refractivity contribution < 1.29 is 24.5 Å². The van der Waals surface area contributed by atoms with Gasteiger partial charge in [0.25, 0.3) is 0 Å². The number of amides is 1. The van der Waals surface area contributed by atoms with Gasteiger partial charge >= 0.3 is 6.09 Å². The monoisotopic (exact) mass is 483 g/mol. The van der Waals surface area contributed by atoms with Crippen molar-refractivity contribution in [3.05, 3.63) is 54.1 Å². The van der Waals surface area contributed by atoms with E-state index < -0.39 is 11.7 Å². The van der Waals surface area contributed by atoms with Crippen LogP contribution in [0.15, 0.2) is 48.5 Å². The van der Waals surface area contributed by atoms with Gasteiger partial charge in [0.1, 0.15) is 5.75 Å². The largest absolute Gasteiger partial charge is 0.494 e. The van der Waals surface area contributed by atoms with Crippen LogP contribution in [0.3, 0.4) is 0 Å². The highest BCUT2D eigenvalue weighted by molar-refractivity contribution is 5.65. The van der Waals surface area contributed by atoms with E-state index in [-0.39, 0.29) is 0 Å². The fourth-order valence-electron chi connectivity index (χ4n) is 4.85. The molecule has 2 aromatic rings. The third-order valence-electron chi connectivity index (χ3n) is 7.12. The summed E-state index contributed by atoms with van der Waals surface area (Å²) in [7, 11) is 1.71. The van der Waals surface area contributed by atoms with E-state index in [9.17, 15) is 9.90 Å². The van der Waals surface area contributed by atoms with E-state index in [1.54, 1.807) is 7.11 Å². The molecule has 2 fully saturated rings. The van der Waals surface area contributed by atoms with Gasteiger partial charge in [-0.15, -0.1) is 0 Å². The van der Waals surface area contributed by atoms with E-state index in [1.807, 2.05) is 24.3 Å². The van der Waals surface area contributed by atoms with Gasteiger partial charge in [0.15, 0.2) is 0 Å². The lowest BCUT2D eigenvalue weighted by atomic mass is 9.84. The number of aliphatic hydroxyl groups is 1. The topological polar surface area (TPSA) is 85.7 Å². The second kappa shape index (κ2) is 11.6. The highest BCUT2D eigenvalue weighted by Crippen LogP contribution is 2.35. The van der Waals surface area contributed by atoms with Crippen LogP contribution >= 0.6 is 0 Å². The summed E-state index contributed by atoms with van der Waals surface area (Å²) in [6, 6.07) is 16.3. The van der Waals surface area contributed by atoms with Crippen LogP contribution in [-0.2, 0) is 10.3 Å². The van der Waals surface area contributed by atoms with E-state index in [0.29, 0.717) is 45.6 Å². The average Bonchev–Trinajstić information content (AvgIpc) is 2.89. The molecule has 2 heterocycles. The second-order valence-electron chi connectivity index (χ2n) is 9.36. The maximum absolute atomic E-state index is 11.3. The van der Waals surface area contributed by atoms with Crippen LogP contribution in [0.25, 0.3) is 0 Å². The molecule has 190 valence electrons. The molecule has 2 aliphatic heterocycles. The maximum atomic E-state index is 11.3. The lowest BCUT2D eigenvalue weighted by Crippen LogP contribution is -2.48. The van der Waals surface area contributed by atoms with Crippen LogP contribution in [-0.4, -0.2) is 80.8 Å². The standard InChI is InChI=1S/C27H37N3O5/c1-34-20-2-3-21-35-25-10-4-22(5-11-25)27(33)12-14-28(15-13-27)23-6-8-24(9-7-23)29-16-18-30(19-17-29)26(31)32/h4-11,33H,2-3,12-21H2,1H3,(H,31,32). The number of hydrogen-bond donors (Lipinski definition) is 2. The molecule has 0 saturated carbocycles. The summed E-state index contributed by atoms with van der Waals surface area (Å²) in [4.78, 5) is 17.1. The molecule has 0 aromatic heterocycles. The zero-order valence-electron chi connectivity index (χ0n) is 20.6. The Morgan fingerprint density at radius 1 is 0.829 bits per heavy atom. The van der Waals surface area contributed by atoms with Gasteiger partial charge in [0.05, 0.1) is 12.2 Å². The number of nitrogens with zero attached hydrogens (tertiary/aromatic N) is 3. The third-order valence-corrected chi connectivity index (χ3v) is 7.12. The molecule has 8 heteroatoms. The van der Waals surface area contributed by atoms with E-state index >= 15 is 0 Å². The van der Waals surface area contributed by atoms with Crippen LogP contribution < -0.4 is 14.5 Å². The van der Waals surface area contributed by atoms with Gasteiger partial charge in [-0.05, 0) is 67.6 Å². The van der Waals surface area contributed by atoms with Crippen LogP contribution in [0, 0.1) is 0 Å². The van der Waals surface area contributed by atoms with Gasteiger partial charge < -0.3 is 34.4 Å². The maximum Gasteiger partial charge on any atom is 0.407 e. The zero-order valence-corrected chi connectivity index (χ0v) is 20.6. The molecule has 0 atom stereocenters. The molecule has 2 aliphatic rings. The summed E-state index contributed by atoms with van der Waals surface area (Å²) in [5.74, 6) is 0.830. The summed E-state index contributed by atoms with van der Waals surface area (Å²) in [5, 5.41) is 20.4. The first kappa shape index (κ1) is 25.1. The van der Waals surface area contributed by atoms with Gasteiger partial charge in [0.2, 0.25) is 0 Å².